The van der Waals surface area contributed by atoms with Crippen LogP contribution in [0.4, 0.5) is 3.89 Å². The fraction of sp³-hybridized carbons (Fsp3) is 0.250. The van der Waals surface area contributed by atoms with Gasteiger partial charge in [-0.2, -0.15) is 8.42 Å². The van der Waals surface area contributed by atoms with Gasteiger partial charge in [0.05, 0.1) is 0 Å². The minimum absolute atomic E-state index is 0.377. The van der Waals surface area contributed by atoms with E-state index in [4.69, 9.17) is 16.3 Å². The number of benzene rings is 1. The molecule has 1 aromatic carbocycles. The molecule has 0 saturated carbocycles. The second kappa shape index (κ2) is 5.14. The van der Waals surface area contributed by atoms with E-state index in [1.807, 2.05) is 0 Å². The molecular weight excluding hydrogens is 311 g/mol. The van der Waals surface area contributed by atoms with Gasteiger partial charge in [-0.3, -0.25) is 0 Å². The maximum atomic E-state index is 12.2. The molecule has 0 N–H and O–H groups in total. The van der Waals surface area contributed by atoms with Crippen LogP contribution in [-0.2, 0) is 10.2 Å². The Kier molecular flexibility index (Phi) is 4.36. The molecule has 15 heavy (non-hydrogen) atoms. The van der Waals surface area contributed by atoms with Gasteiger partial charge in [-0.15, -0.1) is 3.89 Å². The quantitative estimate of drug-likeness (QED) is 0.633. The van der Waals surface area contributed by atoms with Crippen molar-refractivity contribution in [2.45, 2.75) is 5.56 Å². The zero-order valence-electron chi connectivity index (χ0n) is 7.36. The first-order valence-corrected chi connectivity index (χ1v) is 6.64. The van der Waals surface area contributed by atoms with Crippen molar-refractivity contribution in [3.05, 3.63) is 28.7 Å². The highest BCUT2D eigenvalue weighted by atomic mass is 79.9. The van der Waals surface area contributed by atoms with Gasteiger partial charge in [0.25, 0.3) is 0 Å². The Hall–Kier alpha value is -0.330. The van der Waals surface area contributed by atoms with E-state index in [0.29, 0.717) is 5.75 Å². The van der Waals surface area contributed by atoms with E-state index >= 15 is 0 Å². The van der Waals surface area contributed by atoms with Crippen molar-refractivity contribution in [2.75, 3.05) is 5.75 Å². The normalized spacial score (nSPS) is 13.5. The van der Waals surface area contributed by atoms with Crippen molar-refractivity contribution in [1.29, 1.82) is 0 Å². The van der Waals surface area contributed by atoms with Gasteiger partial charge in [0.1, 0.15) is 11.5 Å². The topological polar surface area (TPSA) is 43.4 Å². The molecule has 84 valence electrons. The standard InChI is InChI=1S/C8H7BrClFO3S/c9-6-1-3-7(4-2-6)14-8(10)5-15(11,12)13/h1-4,8H,5H2. The summed E-state index contributed by atoms with van der Waals surface area (Å²) in [6.07, 6.45) is 0. The second-order valence-corrected chi connectivity index (χ2v) is 5.50. The van der Waals surface area contributed by atoms with Crippen LogP contribution >= 0.6 is 27.5 Å². The van der Waals surface area contributed by atoms with E-state index in [1.165, 1.54) is 0 Å². The van der Waals surface area contributed by atoms with Gasteiger partial charge in [0.2, 0.25) is 0 Å². The molecule has 1 rings (SSSR count). The number of ether oxygens (including phenoxy) is 1. The Morgan fingerprint density at radius 3 is 2.40 bits per heavy atom. The van der Waals surface area contributed by atoms with Crippen LogP contribution < -0.4 is 4.74 Å². The Morgan fingerprint density at radius 1 is 1.40 bits per heavy atom. The number of hydrogen-bond donors (Lipinski definition) is 0. The van der Waals surface area contributed by atoms with E-state index in [1.54, 1.807) is 24.3 Å². The number of rotatable bonds is 4. The van der Waals surface area contributed by atoms with Crippen LogP contribution in [0.15, 0.2) is 28.7 Å². The van der Waals surface area contributed by atoms with Crippen molar-refractivity contribution in [2.24, 2.45) is 0 Å². The van der Waals surface area contributed by atoms with E-state index in [9.17, 15) is 12.3 Å². The highest BCUT2D eigenvalue weighted by molar-refractivity contribution is 9.10. The molecule has 0 heterocycles. The van der Waals surface area contributed by atoms with Crippen LogP contribution in [0.1, 0.15) is 0 Å². The van der Waals surface area contributed by atoms with Crippen molar-refractivity contribution in [3.8, 4) is 5.75 Å². The lowest BCUT2D eigenvalue weighted by molar-refractivity contribution is 0.300. The minimum Gasteiger partial charge on any atom is -0.474 e. The summed E-state index contributed by atoms with van der Waals surface area (Å²) >= 11 is 8.70. The first-order valence-electron chi connectivity index (χ1n) is 3.85. The summed E-state index contributed by atoms with van der Waals surface area (Å²) in [7, 11) is -4.62. The molecule has 0 aliphatic rings. The molecule has 0 fully saturated rings. The third kappa shape index (κ3) is 5.34. The van der Waals surface area contributed by atoms with Gasteiger partial charge in [0.15, 0.2) is 5.56 Å². The Bertz CT molecular complexity index is 420. The molecule has 0 saturated heterocycles. The van der Waals surface area contributed by atoms with Crippen LogP contribution in [0, 0.1) is 0 Å². The average Bonchev–Trinajstić information content (AvgIpc) is 2.05. The summed E-state index contributed by atoms with van der Waals surface area (Å²) in [5.41, 5.74) is -1.24. The van der Waals surface area contributed by atoms with E-state index in [2.05, 4.69) is 15.9 Å². The Labute approximate surface area is 101 Å². The molecule has 0 aromatic heterocycles. The monoisotopic (exact) mass is 316 g/mol. The Morgan fingerprint density at radius 2 is 1.93 bits per heavy atom. The second-order valence-electron chi connectivity index (χ2n) is 2.69. The van der Waals surface area contributed by atoms with Crippen LogP contribution in [-0.4, -0.2) is 19.7 Å². The lowest BCUT2D eigenvalue weighted by atomic mass is 10.3. The first kappa shape index (κ1) is 12.7. The van der Waals surface area contributed by atoms with Crippen LogP contribution in [0.5, 0.6) is 5.75 Å². The molecule has 1 atom stereocenters. The molecule has 0 spiro atoms. The zero-order chi connectivity index (χ0) is 11.5. The van der Waals surface area contributed by atoms with E-state index in [-0.39, 0.29) is 0 Å². The molecule has 7 heteroatoms. The molecule has 0 aliphatic heterocycles. The molecular formula is C8H7BrClFO3S. The van der Waals surface area contributed by atoms with Gasteiger partial charge in [0, 0.05) is 4.47 Å². The van der Waals surface area contributed by atoms with Crippen molar-refractivity contribution in [3.63, 3.8) is 0 Å². The van der Waals surface area contributed by atoms with Crippen LogP contribution in [0.25, 0.3) is 0 Å². The minimum atomic E-state index is -4.62. The highest BCUT2D eigenvalue weighted by Crippen LogP contribution is 2.18. The van der Waals surface area contributed by atoms with Crippen molar-refractivity contribution >= 4 is 37.8 Å². The predicted molar refractivity (Wildman–Crippen MR) is 59.3 cm³/mol. The smallest absolute Gasteiger partial charge is 0.307 e. The van der Waals surface area contributed by atoms with Gasteiger partial charge in [-0.1, -0.05) is 27.5 Å². The average molecular weight is 318 g/mol. The summed E-state index contributed by atoms with van der Waals surface area (Å²) in [6.45, 7) is 0. The van der Waals surface area contributed by atoms with Crippen molar-refractivity contribution < 1.29 is 17.0 Å². The van der Waals surface area contributed by atoms with Crippen LogP contribution in [0.3, 0.4) is 0 Å². The SMILES string of the molecule is O=S(=O)(F)CC(Cl)Oc1ccc(Br)cc1. The molecule has 3 nitrogen and oxygen atoms in total. The third-order valence-corrected chi connectivity index (χ3v) is 3.06. The number of alkyl halides is 1. The molecule has 0 amide bonds. The maximum Gasteiger partial charge on any atom is 0.307 e. The number of halogens is 3. The zero-order valence-corrected chi connectivity index (χ0v) is 10.5. The first-order chi connectivity index (χ1) is 6.87. The van der Waals surface area contributed by atoms with E-state index < -0.39 is 21.5 Å². The fourth-order valence-electron chi connectivity index (χ4n) is 0.851. The highest BCUT2D eigenvalue weighted by Gasteiger charge is 2.17. The van der Waals surface area contributed by atoms with Crippen LogP contribution in [0.2, 0.25) is 0 Å². The molecule has 0 radical (unpaired) electrons. The van der Waals surface area contributed by atoms with Gasteiger partial charge < -0.3 is 4.74 Å². The third-order valence-electron chi connectivity index (χ3n) is 1.41. The maximum absolute atomic E-state index is 12.2. The summed E-state index contributed by atoms with van der Waals surface area (Å²) < 4.78 is 38.5. The predicted octanol–water partition coefficient (Wildman–Crippen LogP) is 2.69. The number of hydrogen-bond acceptors (Lipinski definition) is 3. The molecule has 0 bridgehead atoms. The summed E-state index contributed by atoms with van der Waals surface area (Å²) in [5, 5.41) is 0. The summed E-state index contributed by atoms with van der Waals surface area (Å²) in [6, 6.07) is 6.57. The largest absolute Gasteiger partial charge is 0.474 e. The fourth-order valence-corrected chi connectivity index (χ4v) is 2.05. The van der Waals surface area contributed by atoms with E-state index in [0.717, 1.165) is 4.47 Å². The lowest BCUT2D eigenvalue weighted by Crippen LogP contribution is -2.18. The summed E-state index contributed by atoms with van der Waals surface area (Å²) in [5.74, 6) is -0.494. The summed E-state index contributed by atoms with van der Waals surface area (Å²) in [4.78, 5) is 0. The van der Waals surface area contributed by atoms with Gasteiger partial charge >= 0.3 is 10.2 Å². The lowest BCUT2D eigenvalue weighted by Gasteiger charge is -2.10. The van der Waals surface area contributed by atoms with Crippen molar-refractivity contribution in [1.82, 2.24) is 0 Å². The van der Waals surface area contributed by atoms with Gasteiger partial charge in [-0.25, -0.2) is 0 Å². The van der Waals surface area contributed by atoms with Gasteiger partial charge in [-0.05, 0) is 24.3 Å². The molecule has 1 unspecified atom stereocenters. The molecule has 1 aromatic rings. The Balaban J connectivity index is 2.59. The molecule has 0 aliphatic carbocycles.